The Bertz CT molecular complexity index is 1020. The molecule has 0 aromatic heterocycles. The second-order valence-corrected chi connectivity index (χ2v) is 8.95. The highest BCUT2D eigenvalue weighted by Crippen LogP contribution is 2.29. The number of urea groups is 1. The lowest BCUT2D eigenvalue weighted by Gasteiger charge is -2.32. The molecule has 1 aliphatic heterocycles. The molecule has 3 rings (SSSR count). The monoisotopic (exact) mass is 434 g/mol. The van der Waals surface area contributed by atoms with Crippen LogP contribution in [-0.2, 0) is 0 Å². The minimum absolute atomic E-state index is 0.0533. The van der Waals surface area contributed by atoms with Crippen molar-refractivity contribution >= 4 is 17.6 Å². The maximum Gasteiger partial charge on any atom is 0.319 e. The first-order valence-electron chi connectivity index (χ1n) is 10.8. The minimum Gasteiger partial charge on any atom is -0.394 e. The lowest BCUT2D eigenvalue weighted by Crippen LogP contribution is -2.48. The van der Waals surface area contributed by atoms with E-state index in [-0.39, 0.29) is 12.5 Å². The first-order valence-corrected chi connectivity index (χ1v) is 10.8. The second kappa shape index (κ2) is 9.84. The first-order chi connectivity index (χ1) is 15.2. The van der Waals surface area contributed by atoms with E-state index in [2.05, 4.69) is 16.7 Å². The molecular weight excluding hydrogens is 404 g/mol. The molecule has 7 nitrogen and oxygen atoms in total. The number of aliphatic hydroxyl groups excluding tert-OH is 1. The molecule has 2 aromatic rings. The maximum atomic E-state index is 13.1. The van der Waals surface area contributed by atoms with Crippen LogP contribution in [-0.4, -0.2) is 47.2 Å². The van der Waals surface area contributed by atoms with E-state index < -0.39 is 11.6 Å². The number of nitriles is 1. The van der Waals surface area contributed by atoms with E-state index in [0.29, 0.717) is 35.8 Å². The average molecular weight is 435 g/mol. The number of aliphatic hydroxyl groups is 1. The number of amides is 3. The Balaban J connectivity index is 1.63. The molecule has 0 saturated carbocycles. The molecule has 168 valence electrons. The van der Waals surface area contributed by atoms with Crippen molar-refractivity contribution in [3.05, 3.63) is 64.7 Å². The van der Waals surface area contributed by atoms with Gasteiger partial charge in [0.05, 0.1) is 23.8 Å². The Morgan fingerprint density at radius 3 is 2.41 bits per heavy atom. The van der Waals surface area contributed by atoms with Crippen molar-refractivity contribution in [3.63, 3.8) is 0 Å². The summed E-state index contributed by atoms with van der Waals surface area (Å²) < 4.78 is 0. The van der Waals surface area contributed by atoms with Gasteiger partial charge in [0.1, 0.15) is 0 Å². The third kappa shape index (κ3) is 5.65. The van der Waals surface area contributed by atoms with Gasteiger partial charge in [0, 0.05) is 24.3 Å². The molecule has 1 fully saturated rings. The molecule has 7 heteroatoms. The van der Waals surface area contributed by atoms with Crippen molar-refractivity contribution in [2.75, 3.05) is 25.0 Å². The van der Waals surface area contributed by atoms with Gasteiger partial charge in [0.25, 0.3) is 5.91 Å². The van der Waals surface area contributed by atoms with Crippen LogP contribution in [0.3, 0.4) is 0 Å². The van der Waals surface area contributed by atoms with E-state index in [0.717, 1.165) is 18.4 Å². The fraction of sp³-hybridized carbons (Fsp3) is 0.400. The van der Waals surface area contributed by atoms with Gasteiger partial charge in [-0.25, -0.2) is 4.79 Å². The third-order valence-electron chi connectivity index (χ3n) is 5.87. The number of nitrogens with one attached hydrogen (secondary N) is 2. The summed E-state index contributed by atoms with van der Waals surface area (Å²) in [6.07, 6.45) is 1.74. The zero-order chi connectivity index (χ0) is 23.3. The van der Waals surface area contributed by atoms with Crippen LogP contribution < -0.4 is 10.6 Å². The predicted molar refractivity (Wildman–Crippen MR) is 124 cm³/mol. The molecule has 3 N–H and O–H groups in total. The fourth-order valence-corrected chi connectivity index (χ4v) is 3.82. The summed E-state index contributed by atoms with van der Waals surface area (Å²) in [7, 11) is 0. The van der Waals surface area contributed by atoms with Gasteiger partial charge in [-0.3, -0.25) is 4.79 Å². The van der Waals surface area contributed by atoms with Gasteiger partial charge in [-0.05, 0) is 74.9 Å². The SMILES string of the molecule is Cc1ccc(C(=O)N2CCC(c3ccc(C#N)cc3)CC2)cc1NC(=O)NC(C)(C)CO. The minimum atomic E-state index is -0.745. The highest BCUT2D eigenvalue weighted by atomic mass is 16.3. The van der Waals surface area contributed by atoms with E-state index in [1.54, 1.807) is 26.0 Å². The van der Waals surface area contributed by atoms with Gasteiger partial charge in [-0.1, -0.05) is 18.2 Å². The normalized spacial score (nSPS) is 14.5. The third-order valence-corrected chi connectivity index (χ3v) is 5.87. The summed E-state index contributed by atoms with van der Waals surface area (Å²) in [4.78, 5) is 27.2. The van der Waals surface area contributed by atoms with E-state index in [1.165, 1.54) is 5.56 Å². The standard InChI is InChI=1S/C25H30N4O3/c1-17-4-7-21(14-22(17)27-24(32)28-25(2,3)16-30)23(31)29-12-10-20(11-13-29)19-8-5-18(15-26)6-9-19/h4-9,14,20,30H,10-13,16H2,1-3H3,(H2,27,28,32). The zero-order valence-corrected chi connectivity index (χ0v) is 18.8. The van der Waals surface area contributed by atoms with Crippen molar-refractivity contribution in [3.8, 4) is 6.07 Å². The topological polar surface area (TPSA) is 105 Å². The summed E-state index contributed by atoms with van der Waals surface area (Å²) in [6.45, 7) is 6.44. The van der Waals surface area contributed by atoms with Gasteiger partial charge in [0.2, 0.25) is 0 Å². The molecule has 3 amide bonds. The molecule has 0 atom stereocenters. The summed E-state index contributed by atoms with van der Waals surface area (Å²) >= 11 is 0. The van der Waals surface area contributed by atoms with Crippen LogP contribution >= 0.6 is 0 Å². The first kappa shape index (κ1) is 23.3. The van der Waals surface area contributed by atoms with Gasteiger partial charge >= 0.3 is 6.03 Å². The fourth-order valence-electron chi connectivity index (χ4n) is 3.82. The Morgan fingerprint density at radius 2 is 1.81 bits per heavy atom. The number of nitrogens with zero attached hydrogens (tertiary/aromatic N) is 2. The highest BCUT2D eigenvalue weighted by molar-refractivity contribution is 5.97. The molecule has 0 radical (unpaired) electrons. The number of aryl methyl sites for hydroxylation is 1. The molecule has 1 heterocycles. The molecular formula is C25H30N4O3. The van der Waals surface area contributed by atoms with Crippen LogP contribution in [0, 0.1) is 18.3 Å². The number of carbonyl (C=O) groups is 2. The number of hydrogen-bond acceptors (Lipinski definition) is 4. The Hall–Kier alpha value is -3.37. The number of piperidine rings is 1. The van der Waals surface area contributed by atoms with E-state index >= 15 is 0 Å². The summed E-state index contributed by atoms with van der Waals surface area (Å²) in [6, 6.07) is 14.7. The molecule has 0 bridgehead atoms. The van der Waals surface area contributed by atoms with Crippen molar-refractivity contribution in [1.29, 1.82) is 5.26 Å². The summed E-state index contributed by atoms with van der Waals surface area (Å²) in [5.41, 5.74) is 3.05. The predicted octanol–water partition coefficient (Wildman–Crippen LogP) is 3.78. The van der Waals surface area contributed by atoms with Crippen LogP contribution in [0.15, 0.2) is 42.5 Å². The number of anilines is 1. The molecule has 1 saturated heterocycles. The van der Waals surface area contributed by atoms with Crippen molar-refractivity contribution in [2.45, 2.75) is 45.1 Å². The van der Waals surface area contributed by atoms with E-state index in [1.807, 2.05) is 42.2 Å². The Kier molecular flexibility index (Phi) is 7.16. The highest BCUT2D eigenvalue weighted by Gasteiger charge is 2.25. The number of likely N-dealkylation sites (tertiary alicyclic amines) is 1. The van der Waals surface area contributed by atoms with E-state index in [9.17, 15) is 14.7 Å². The average Bonchev–Trinajstić information content (AvgIpc) is 2.80. The smallest absolute Gasteiger partial charge is 0.319 e. The number of carbonyl (C=O) groups excluding carboxylic acids is 2. The number of benzene rings is 2. The van der Waals surface area contributed by atoms with Crippen molar-refractivity contribution in [2.24, 2.45) is 0 Å². The lowest BCUT2D eigenvalue weighted by atomic mass is 9.89. The van der Waals surface area contributed by atoms with Crippen molar-refractivity contribution < 1.29 is 14.7 Å². The number of rotatable bonds is 5. The largest absolute Gasteiger partial charge is 0.394 e. The van der Waals surface area contributed by atoms with Crippen LogP contribution in [0.1, 0.15) is 59.7 Å². The molecule has 0 spiro atoms. The molecule has 0 aliphatic carbocycles. The van der Waals surface area contributed by atoms with Crippen LogP contribution in [0.5, 0.6) is 0 Å². The second-order valence-electron chi connectivity index (χ2n) is 8.95. The van der Waals surface area contributed by atoms with Crippen LogP contribution in [0.2, 0.25) is 0 Å². The van der Waals surface area contributed by atoms with Gasteiger partial charge in [-0.2, -0.15) is 5.26 Å². The van der Waals surface area contributed by atoms with Crippen LogP contribution in [0.4, 0.5) is 10.5 Å². The quantitative estimate of drug-likeness (QED) is 0.666. The Morgan fingerprint density at radius 1 is 1.16 bits per heavy atom. The summed E-state index contributed by atoms with van der Waals surface area (Å²) in [5.74, 6) is 0.322. The van der Waals surface area contributed by atoms with Gasteiger partial charge < -0.3 is 20.6 Å². The van der Waals surface area contributed by atoms with Gasteiger partial charge in [-0.15, -0.1) is 0 Å². The molecule has 1 aliphatic rings. The van der Waals surface area contributed by atoms with Crippen molar-refractivity contribution in [1.82, 2.24) is 10.2 Å². The van der Waals surface area contributed by atoms with E-state index in [4.69, 9.17) is 5.26 Å². The Labute approximate surface area is 189 Å². The maximum absolute atomic E-state index is 13.1. The molecule has 2 aromatic carbocycles. The lowest BCUT2D eigenvalue weighted by molar-refractivity contribution is 0.0713. The zero-order valence-electron chi connectivity index (χ0n) is 18.8. The summed E-state index contributed by atoms with van der Waals surface area (Å²) in [5, 5.41) is 23.8. The number of hydrogen-bond donors (Lipinski definition) is 3. The molecule has 0 unspecified atom stereocenters. The van der Waals surface area contributed by atoms with Gasteiger partial charge in [0.15, 0.2) is 0 Å². The van der Waals surface area contributed by atoms with Crippen LogP contribution in [0.25, 0.3) is 0 Å². The molecule has 32 heavy (non-hydrogen) atoms.